The van der Waals surface area contributed by atoms with Gasteiger partial charge in [0, 0.05) is 5.56 Å². The normalized spacial score (nSPS) is 21.1. The van der Waals surface area contributed by atoms with Crippen LogP contribution in [0.1, 0.15) is 32.3 Å². The molecule has 1 saturated heterocycles. The Bertz CT molecular complexity index is 1030. The molecule has 146 valence electrons. The van der Waals surface area contributed by atoms with Crippen molar-refractivity contribution in [1.29, 1.82) is 0 Å². The van der Waals surface area contributed by atoms with Crippen molar-refractivity contribution in [3.8, 4) is 0 Å². The minimum Gasteiger partial charge on any atom is -0.478 e. The molecule has 1 aliphatic heterocycles. The van der Waals surface area contributed by atoms with Gasteiger partial charge in [-0.05, 0) is 17.7 Å². The lowest BCUT2D eigenvalue weighted by atomic mass is 9.95. The van der Waals surface area contributed by atoms with Gasteiger partial charge in [0.2, 0.25) is 0 Å². The van der Waals surface area contributed by atoms with E-state index in [1.54, 1.807) is 36.4 Å². The summed E-state index contributed by atoms with van der Waals surface area (Å²) in [6.07, 6.45) is 0. The summed E-state index contributed by atoms with van der Waals surface area (Å²) >= 11 is 1.36. The number of ketones is 1. The third kappa shape index (κ3) is 3.64. The molecule has 0 spiro atoms. The maximum Gasteiger partial charge on any atom is 0.337 e. The lowest BCUT2D eigenvalue weighted by molar-refractivity contribution is 0.0697. The highest BCUT2D eigenvalue weighted by Gasteiger charge is 2.46. The summed E-state index contributed by atoms with van der Waals surface area (Å²) in [4.78, 5) is 27.0. The SMILES string of the molecule is NC1S[C@@H](C(=O)c2ccccc2)[C@H](c2ccccc2)N1c1ccccc1C(=O)O. The number of carbonyl (C=O) groups is 2. The van der Waals surface area contributed by atoms with Gasteiger partial charge in [-0.25, -0.2) is 4.79 Å². The minimum atomic E-state index is -1.03. The number of nitrogens with zero attached hydrogens (tertiary/aromatic N) is 1. The first-order chi connectivity index (χ1) is 14.1. The second-order valence-corrected chi connectivity index (χ2v) is 8.03. The van der Waals surface area contributed by atoms with Gasteiger partial charge in [0.05, 0.1) is 22.5 Å². The Balaban J connectivity index is 1.83. The number of aromatic carboxylic acids is 1. The van der Waals surface area contributed by atoms with E-state index in [1.165, 1.54) is 11.8 Å². The molecule has 0 aliphatic carbocycles. The zero-order chi connectivity index (χ0) is 20.4. The summed E-state index contributed by atoms with van der Waals surface area (Å²) in [7, 11) is 0. The molecule has 6 heteroatoms. The Morgan fingerprint density at radius 1 is 0.862 bits per heavy atom. The maximum atomic E-state index is 13.4. The number of hydrogen-bond donors (Lipinski definition) is 2. The zero-order valence-electron chi connectivity index (χ0n) is 15.5. The highest BCUT2D eigenvalue weighted by Crippen LogP contribution is 2.47. The van der Waals surface area contributed by atoms with Gasteiger partial charge < -0.3 is 15.7 Å². The predicted octanol–water partition coefficient (Wildman–Crippen LogP) is 4.17. The van der Waals surface area contributed by atoms with Crippen molar-refractivity contribution < 1.29 is 14.7 Å². The standard InChI is InChI=1S/C23H20N2O3S/c24-23-25(18-14-8-7-13-17(18)22(27)28)19(15-9-3-1-4-10-15)21(29-23)20(26)16-11-5-2-6-12-16/h1-14,19,21,23H,24H2,(H,27,28)/t19-,21+,23?/m0/s1. The second-order valence-electron chi connectivity index (χ2n) is 6.76. The predicted molar refractivity (Wildman–Crippen MR) is 115 cm³/mol. The van der Waals surface area contributed by atoms with Gasteiger partial charge in [-0.1, -0.05) is 72.8 Å². The average molecular weight is 404 g/mol. The van der Waals surface area contributed by atoms with Crippen LogP contribution in [0.3, 0.4) is 0 Å². The first-order valence-electron chi connectivity index (χ1n) is 9.24. The van der Waals surface area contributed by atoms with E-state index < -0.39 is 16.7 Å². The number of nitrogens with two attached hydrogens (primary N) is 1. The molecule has 5 nitrogen and oxygen atoms in total. The quantitative estimate of drug-likeness (QED) is 0.621. The number of thioether (sulfide) groups is 1. The van der Waals surface area contributed by atoms with E-state index in [0.29, 0.717) is 11.3 Å². The van der Waals surface area contributed by atoms with E-state index in [0.717, 1.165) is 5.56 Å². The third-order valence-corrected chi connectivity index (χ3v) is 6.29. The molecule has 0 bridgehead atoms. The van der Waals surface area contributed by atoms with Crippen molar-refractivity contribution in [3.63, 3.8) is 0 Å². The Morgan fingerprint density at radius 2 is 1.45 bits per heavy atom. The van der Waals surface area contributed by atoms with Gasteiger partial charge in [-0.2, -0.15) is 0 Å². The summed E-state index contributed by atoms with van der Waals surface area (Å²) in [6, 6.07) is 25.2. The number of anilines is 1. The number of carbonyl (C=O) groups excluding carboxylic acids is 1. The number of hydrogen-bond acceptors (Lipinski definition) is 5. The topological polar surface area (TPSA) is 83.6 Å². The molecule has 0 aromatic heterocycles. The van der Waals surface area contributed by atoms with Crippen LogP contribution in [0.4, 0.5) is 5.69 Å². The summed E-state index contributed by atoms with van der Waals surface area (Å²) in [5.74, 6) is -1.04. The molecule has 3 aromatic rings. The highest BCUT2D eigenvalue weighted by molar-refractivity contribution is 8.01. The van der Waals surface area contributed by atoms with Crippen LogP contribution in [-0.2, 0) is 0 Å². The first-order valence-corrected chi connectivity index (χ1v) is 10.2. The van der Waals surface area contributed by atoms with Crippen LogP contribution in [0, 0.1) is 0 Å². The van der Waals surface area contributed by atoms with Gasteiger partial charge in [0.1, 0.15) is 5.50 Å². The first kappa shape index (κ1) is 19.2. The Morgan fingerprint density at radius 3 is 2.10 bits per heavy atom. The molecule has 3 aromatic carbocycles. The Labute approximate surface area is 173 Å². The molecule has 4 rings (SSSR count). The fraction of sp³-hybridized carbons (Fsp3) is 0.130. The van der Waals surface area contributed by atoms with Crippen molar-refractivity contribution in [1.82, 2.24) is 0 Å². The van der Waals surface area contributed by atoms with Crippen molar-refractivity contribution in [2.24, 2.45) is 5.73 Å². The van der Waals surface area contributed by atoms with Crippen molar-refractivity contribution >= 4 is 29.2 Å². The summed E-state index contributed by atoms with van der Waals surface area (Å²) < 4.78 is 0. The van der Waals surface area contributed by atoms with Gasteiger partial charge >= 0.3 is 5.97 Å². The van der Waals surface area contributed by atoms with Gasteiger partial charge in [0.15, 0.2) is 5.78 Å². The number of benzene rings is 3. The van der Waals surface area contributed by atoms with Gasteiger partial charge in [-0.3, -0.25) is 4.79 Å². The van der Waals surface area contributed by atoms with Gasteiger partial charge in [-0.15, -0.1) is 11.8 Å². The summed E-state index contributed by atoms with van der Waals surface area (Å²) in [5, 5.41) is 9.22. The average Bonchev–Trinajstić information content (AvgIpc) is 3.11. The van der Waals surface area contributed by atoms with Crippen molar-refractivity contribution in [2.45, 2.75) is 16.8 Å². The maximum absolute atomic E-state index is 13.4. The highest BCUT2D eigenvalue weighted by atomic mass is 32.2. The fourth-order valence-electron chi connectivity index (χ4n) is 3.72. The fourth-order valence-corrected chi connectivity index (χ4v) is 5.09. The minimum absolute atomic E-state index is 0.0183. The van der Waals surface area contributed by atoms with Crippen LogP contribution in [0.15, 0.2) is 84.9 Å². The lowest BCUT2D eigenvalue weighted by Gasteiger charge is -2.32. The molecular weight excluding hydrogens is 384 g/mol. The Hall–Kier alpha value is -3.09. The number of rotatable bonds is 5. The van der Waals surface area contributed by atoms with Crippen LogP contribution in [0.5, 0.6) is 0 Å². The van der Waals surface area contributed by atoms with E-state index >= 15 is 0 Å². The molecule has 29 heavy (non-hydrogen) atoms. The van der Waals surface area contributed by atoms with Crippen LogP contribution < -0.4 is 10.6 Å². The van der Waals surface area contributed by atoms with Crippen LogP contribution in [0.2, 0.25) is 0 Å². The van der Waals surface area contributed by atoms with Gasteiger partial charge in [0.25, 0.3) is 0 Å². The number of para-hydroxylation sites is 1. The molecule has 3 atom stereocenters. The van der Waals surface area contributed by atoms with E-state index in [9.17, 15) is 14.7 Å². The van der Waals surface area contributed by atoms with Crippen LogP contribution in [0.25, 0.3) is 0 Å². The monoisotopic (exact) mass is 404 g/mol. The molecular formula is C23H20N2O3S. The number of Topliss-reactive ketones (excluding diaryl/α,β-unsaturated/α-hetero) is 1. The molecule has 1 aliphatic rings. The molecule has 1 fully saturated rings. The van der Waals surface area contributed by atoms with E-state index in [2.05, 4.69) is 0 Å². The Kier molecular flexibility index (Phi) is 5.38. The zero-order valence-corrected chi connectivity index (χ0v) is 16.3. The van der Waals surface area contributed by atoms with Crippen molar-refractivity contribution in [2.75, 3.05) is 4.90 Å². The molecule has 1 heterocycles. The smallest absolute Gasteiger partial charge is 0.337 e. The molecule has 3 N–H and O–H groups in total. The van der Waals surface area contributed by atoms with Crippen LogP contribution in [-0.4, -0.2) is 27.6 Å². The number of carboxylic acid groups (broad SMARTS) is 1. The molecule has 1 unspecified atom stereocenters. The second kappa shape index (κ2) is 8.11. The summed E-state index contributed by atoms with van der Waals surface area (Å²) in [6.45, 7) is 0. The van der Waals surface area contributed by atoms with E-state index in [4.69, 9.17) is 5.73 Å². The van der Waals surface area contributed by atoms with Crippen molar-refractivity contribution in [3.05, 3.63) is 102 Å². The third-order valence-electron chi connectivity index (χ3n) is 5.02. The molecule has 0 amide bonds. The van der Waals surface area contributed by atoms with Crippen LogP contribution >= 0.6 is 11.8 Å². The molecule has 0 radical (unpaired) electrons. The number of carboxylic acids is 1. The van der Waals surface area contributed by atoms with E-state index in [1.807, 2.05) is 53.4 Å². The largest absolute Gasteiger partial charge is 0.478 e. The molecule has 0 saturated carbocycles. The lowest BCUT2D eigenvalue weighted by Crippen LogP contribution is -2.39. The van der Waals surface area contributed by atoms with E-state index in [-0.39, 0.29) is 17.4 Å². The summed E-state index contributed by atoms with van der Waals surface area (Å²) in [5.41, 5.74) is 8.11.